The fraction of sp³-hybridized carbons (Fsp3) is 0.455. The minimum absolute atomic E-state index is 0.0458. The van der Waals surface area contributed by atoms with E-state index in [1.165, 1.54) is 5.69 Å². The summed E-state index contributed by atoms with van der Waals surface area (Å²) in [7, 11) is 0. The second-order valence-corrected chi connectivity index (χ2v) is 8.59. The van der Waals surface area contributed by atoms with Crippen LogP contribution in [-0.4, -0.2) is 54.6 Å². The molecule has 0 saturated carbocycles. The van der Waals surface area contributed by atoms with Gasteiger partial charge in [-0.3, -0.25) is 9.69 Å². The molecule has 1 aromatic heterocycles. The van der Waals surface area contributed by atoms with E-state index in [0.717, 1.165) is 80.6 Å². The van der Waals surface area contributed by atoms with Crippen molar-refractivity contribution in [3.05, 3.63) is 47.1 Å². The van der Waals surface area contributed by atoms with Crippen molar-refractivity contribution in [2.24, 2.45) is 0 Å². The molecule has 1 aromatic carbocycles. The fourth-order valence-corrected chi connectivity index (χ4v) is 4.78. The summed E-state index contributed by atoms with van der Waals surface area (Å²) < 4.78 is 0. The number of hydrogen-bond acceptors (Lipinski definition) is 5. The molecule has 1 N–H and O–H groups in total. The lowest BCUT2D eigenvalue weighted by molar-refractivity contribution is -0.118. The number of halogens is 1. The average Bonchev–Trinajstić information content (AvgIpc) is 2.75. The van der Waals surface area contributed by atoms with Gasteiger partial charge in [-0.25, -0.2) is 4.98 Å². The Balaban J connectivity index is 1.24. The van der Waals surface area contributed by atoms with Gasteiger partial charge in [-0.05, 0) is 55.2 Å². The highest BCUT2D eigenvalue weighted by molar-refractivity contribution is 6.30. The minimum Gasteiger partial charge on any atom is -0.369 e. The van der Waals surface area contributed by atoms with Crippen molar-refractivity contribution >= 4 is 34.7 Å². The van der Waals surface area contributed by atoms with Gasteiger partial charge in [-0.1, -0.05) is 11.6 Å². The van der Waals surface area contributed by atoms with Crippen LogP contribution in [0.2, 0.25) is 5.02 Å². The third kappa shape index (κ3) is 3.79. The highest BCUT2D eigenvalue weighted by Gasteiger charge is 2.35. The van der Waals surface area contributed by atoms with Gasteiger partial charge in [0, 0.05) is 56.2 Å². The van der Waals surface area contributed by atoms with Gasteiger partial charge in [0.05, 0.1) is 5.69 Å². The van der Waals surface area contributed by atoms with E-state index < -0.39 is 0 Å². The van der Waals surface area contributed by atoms with E-state index in [9.17, 15) is 4.79 Å². The van der Waals surface area contributed by atoms with Gasteiger partial charge < -0.3 is 15.1 Å². The number of aromatic nitrogens is 1. The number of rotatable bonds is 3. The first-order valence-corrected chi connectivity index (χ1v) is 10.8. The number of fused-ring (bicyclic) bond motifs is 3. The Morgan fingerprint density at radius 2 is 1.86 bits per heavy atom. The van der Waals surface area contributed by atoms with Gasteiger partial charge in [0.15, 0.2) is 5.82 Å². The maximum Gasteiger partial charge on any atom is 0.247 e. The van der Waals surface area contributed by atoms with Crippen LogP contribution in [0.15, 0.2) is 36.5 Å². The summed E-state index contributed by atoms with van der Waals surface area (Å²) in [6.45, 7) is 5.76. The van der Waals surface area contributed by atoms with E-state index in [1.807, 2.05) is 18.3 Å². The molecule has 2 aromatic rings. The number of amides is 1. The second-order valence-electron chi connectivity index (χ2n) is 8.15. The third-order valence-electron chi connectivity index (χ3n) is 6.23. The van der Waals surface area contributed by atoms with Gasteiger partial charge in [-0.2, -0.15) is 0 Å². The first-order valence-electron chi connectivity index (χ1n) is 10.5. The van der Waals surface area contributed by atoms with Gasteiger partial charge in [0.1, 0.15) is 6.04 Å². The lowest BCUT2D eigenvalue weighted by Gasteiger charge is -2.40. The van der Waals surface area contributed by atoms with Gasteiger partial charge >= 0.3 is 0 Å². The molecule has 152 valence electrons. The maximum atomic E-state index is 12.5. The van der Waals surface area contributed by atoms with Crippen molar-refractivity contribution in [3.63, 3.8) is 0 Å². The number of piperidine rings is 1. The smallest absolute Gasteiger partial charge is 0.247 e. The van der Waals surface area contributed by atoms with Crippen molar-refractivity contribution in [1.82, 2.24) is 9.88 Å². The monoisotopic (exact) mass is 411 g/mol. The molecule has 2 saturated heterocycles. The molecule has 1 amide bonds. The van der Waals surface area contributed by atoms with Crippen LogP contribution in [0.3, 0.4) is 0 Å². The lowest BCUT2D eigenvalue weighted by atomic mass is 9.99. The van der Waals surface area contributed by atoms with Crippen LogP contribution in [0.25, 0.3) is 0 Å². The molecule has 3 aliphatic rings. The standard InChI is InChI=1S/C22H26ClN5O/c23-17-4-6-18(7-5-17)27-11-9-26(10-12-27)15-16-13-19-21(24-14-16)28-8-2-1-3-20(28)22(29)25-19/h4-7,13-14,20H,1-3,8-12,15H2,(H,25,29). The predicted molar refractivity (Wildman–Crippen MR) is 117 cm³/mol. The minimum atomic E-state index is -0.0458. The lowest BCUT2D eigenvalue weighted by Crippen LogP contribution is -2.51. The Labute approximate surface area is 176 Å². The Morgan fingerprint density at radius 1 is 1.07 bits per heavy atom. The summed E-state index contributed by atoms with van der Waals surface area (Å²) in [5.74, 6) is 1.05. The molecule has 29 heavy (non-hydrogen) atoms. The maximum absolute atomic E-state index is 12.5. The van der Waals surface area contributed by atoms with Crippen LogP contribution in [0.4, 0.5) is 17.2 Å². The molecule has 6 nitrogen and oxygen atoms in total. The molecule has 0 aliphatic carbocycles. The highest BCUT2D eigenvalue weighted by atomic mass is 35.5. The molecule has 5 rings (SSSR count). The summed E-state index contributed by atoms with van der Waals surface area (Å²) >= 11 is 6.00. The van der Waals surface area contributed by atoms with Gasteiger partial charge in [0.25, 0.3) is 0 Å². The number of hydrogen-bond donors (Lipinski definition) is 1. The summed E-state index contributed by atoms with van der Waals surface area (Å²) in [6, 6.07) is 10.1. The Hall–Kier alpha value is -2.31. The number of carbonyl (C=O) groups is 1. The Bertz CT molecular complexity index is 895. The van der Waals surface area contributed by atoms with E-state index in [1.54, 1.807) is 0 Å². The molecular formula is C22H26ClN5O. The molecule has 4 heterocycles. The fourth-order valence-electron chi connectivity index (χ4n) is 4.66. The summed E-state index contributed by atoms with van der Waals surface area (Å²) in [6.07, 6.45) is 5.15. The zero-order valence-electron chi connectivity index (χ0n) is 16.5. The van der Waals surface area contributed by atoms with E-state index >= 15 is 0 Å². The van der Waals surface area contributed by atoms with Crippen LogP contribution >= 0.6 is 11.6 Å². The number of anilines is 3. The average molecular weight is 412 g/mol. The van der Waals surface area contributed by atoms with Crippen molar-refractivity contribution < 1.29 is 4.79 Å². The van der Waals surface area contributed by atoms with Gasteiger partial charge in [0.2, 0.25) is 5.91 Å². The first kappa shape index (κ1) is 18.7. The molecule has 0 bridgehead atoms. The normalized spacial score (nSPS) is 22.1. The summed E-state index contributed by atoms with van der Waals surface area (Å²) in [5.41, 5.74) is 3.24. The zero-order chi connectivity index (χ0) is 19.8. The van der Waals surface area contributed by atoms with Crippen LogP contribution in [-0.2, 0) is 11.3 Å². The van der Waals surface area contributed by atoms with Crippen molar-refractivity contribution in [2.75, 3.05) is 47.8 Å². The number of nitrogens with zero attached hydrogens (tertiary/aromatic N) is 4. The van der Waals surface area contributed by atoms with Crippen LogP contribution in [0.5, 0.6) is 0 Å². The largest absolute Gasteiger partial charge is 0.369 e. The molecule has 0 spiro atoms. The quantitative estimate of drug-likeness (QED) is 0.839. The number of pyridine rings is 1. The Morgan fingerprint density at radius 3 is 2.66 bits per heavy atom. The van der Waals surface area contributed by atoms with E-state index in [-0.39, 0.29) is 11.9 Å². The molecule has 1 atom stereocenters. The molecule has 1 unspecified atom stereocenters. The highest BCUT2D eigenvalue weighted by Crippen LogP contribution is 2.34. The number of benzene rings is 1. The molecular weight excluding hydrogens is 386 g/mol. The Kier molecular flexibility index (Phi) is 5.06. The predicted octanol–water partition coefficient (Wildman–Crippen LogP) is 3.37. The SMILES string of the molecule is O=C1Nc2cc(CN3CCN(c4ccc(Cl)cc4)CC3)cnc2N2CCCCC12. The van der Waals surface area contributed by atoms with E-state index in [0.29, 0.717) is 0 Å². The van der Waals surface area contributed by atoms with Crippen LogP contribution in [0, 0.1) is 0 Å². The summed E-state index contributed by atoms with van der Waals surface area (Å²) in [5, 5.41) is 3.86. The molecule has 2 fully saturated rings. The zero-order valence-corrected chi connectivity index (χ0v) is 17.2. The van der Waals surface area contributed by atoms with Crippen LogP contribution in [0.1, 0.15) is 24.8 Å². The second kappa shape index (κ2) is 7.84. The number of carbonyl (C=O) groups excluding carboxylic acids is 1. The number of piperazine rings is 1. The topological polar surface area (TPSA) is 51.7 Å². The molecule has 3 aliphatic heterocycles. The molecule has 0 radical (unpaired) electrons. The first-order chi connectivity index (χ1) is 14.2. The van der Waals surface area contributed by atoms with Crippen molar-refractivity contribution in [1.29, 1.82) is 0 Å². The van der Waals surface area contributed by atoms with Gasteiger partial charge in [-0.15, -0.1) is 0 Å². The third-order valence-corrected chi connectivity index (χ3v) is 6.48. The van der Waals surface area contributed by atoms with Crippen molar-refractivity contribution in [3.8, 4) is 0 Å². The van der Waals surface area contributed by atoms with Crippen LogP contribution < -0.4 is 15.1 Å². The summed E-state index contributed by atoms with van der Waals surface area (Å²) in [4.78, 5) is 24.2. The van der Waals surface area contributed by atoms with E-state index in [2.05, 4.69) is 38.2 Å². The van der Waals surface area contributed by atoms with Crippen molar-refractivity contribution in [2.45, 2.75) is 31.8 Å². The van der Waals surface area contributed by atoms with E-state index in [4.69, 9.17) is 16.6 Å². The molecule has 7 heteroatoms. The number of nitrogens with one attached hydrogen (secondary N) is 1.